The Balaban J connectivity index is 0.00000261. The molecule has 1 aliphatic heterocycles. The van der Waals surface area contributed by atoms with Crippen molar-refractivity contribution in [3.63, 3.8) is 0 Å². The molecular weight excluding hydrogens is 412 g/mol. The van der Waals surface area contributed by atoms with Gasteiger partial charge < -0.3 is 5.32 Å². The van der Waals surface area contributed by atoms with Gasteiger partial charge in [0, 0.05) is 25.8 Å². The molecule has 1 atom stereocenters. The van der Waals surface area contributed by atoms with Crippen LogP contribution in [0.4, 0.5) is 17.6 Å². The summed E-state index contributed by atoms with van der Waals surface area (Å²) in [7, 11) is -4.09. The van der Waals surface area contributed by atoms with E-state index in [4.69, 9.17) is 0 Å². The van der Waals surface area contributed by atoms with E-state index in [1.54, 1.807) is 6.07 Å². The second-order valence-electron chi connectivity index (χ2n) is 5.88. The summed E-state index contributed by atoms with van der Waals surface area (Å²) in [6.07, 6.45) is -2.76. The van der Waals surface area contributed by atoms with Crippen molar-refractivity contribution in [2.24, 2.45) is 0 Å². The number of nitrogens with one attached hydrogen (secondary N) is 1. The van der Waals surface area contributed by atoms with Crippen LogP contribution in [0.1, 0.15) is 11.6 Å². The summed E-state index contributed by atoms with van der Waals surface area (Å²) in [6.45, 7) is -0.632. The van der Waals surface area contributed by atoms with E-state index in [9.17, 15) is 26.0 Å². The Kier molecular flexibility index (Phi) is 6.51. The molecule has 150 valence electrons. The predicted octanol–water partition coefficient (Wildman–Crippen LogP) is 2.34. The Labute approximate surface area is 159 Å². The molecule has 2 heterocycles. The fraction of sp³-hybridized carbons (Fsp3) is 0.400. The van der Waals surface area contributed by atoms with Crippen LogP contribution in [0.5, 0.6) is 0 Å². The quantitative estimate of drug-likeness (QED) is 0.759. The minimum atomic E-state index is -4.51. The van der Waals surface area contributed by atoms with Gasteiger partial charge in [-0.1, -0.05) is 12.1 Å². The van der Waals surface area contributed by atoms with E-state index >= 15 is 0 Å². The summed E-state index contributed by atoms with van der Waals surface area (Å²) in [6, 6.07) is 4.91. The topological polar surface area (TPSA) is 67.2 Å². The van der Waals surface area contributed by atoms with Gasteiger partial charge >= 0.3 is 6.18 Å². The van der Waals surface area contributed by atoms with Crippen molar-refractivity contribution in [2.45, 2.75) is 23.7 Å². The monoisotopic (exact) mass is 428 g/mol. The lowest BCUT2D eigenvalue weighted by atomic mass is 10.1. The Hall–Kier alpha value is -1.69. The Bertz CT molecular complexity index is 888. The van der Waals surface area contributed by atoms with E-state index in [-0.39, 0.29) is 30.4 Å². The van der Waals surface area contributed by atoms with E-state index in [0.717, 1.165) is 16.7 Å². The zero-order valence-corrected chi connectivity index (χ0v) is 15.5. The van der Waals surface area contributed by atoms with Crippen molar-refractivity contribution in [2.75, 3.05) is 19.6 Å². The van der Waals surface area contributed by atoms with Gasteiger partial charge in [-0.2, -0.15) is 22.6 Å². The lowest BCUT2D eigenvalue weighted by Crippen LogP contribution is -2.48. The molecule has 1 aliphatic rings. The van der Waals surface area contributed by atoms with Crippen LogP contribution in [-0.4, -0.2) is 48.3 Å². The van der Waals surface area contributed by atoms with Crippen LogP contribution in [0.15, 0.2) is 41.6 Å². The van der Waals surface area contributed by atoms with E-state index in [2.05, 4.69) is 10.4 Å². The highest BCUT2D eigenvalue weighted by Gasteiger charge is 2.36. The van der Waals surface area contributed by atoms with Crippen molar-refractivity contribution < 1.29 is 26.0 Å². The van der Waals surface area contributed by atoms with Gasteiger partial charge in [0.15, 0.2) is 0 Å². The third-order valence-electron chi connectivity index (χ3n) is 3.99. The van der Waals surface area contributed by atoms with E-state index in [0.29, 0.717) is 16.8 Å². The SMILES string of the molecule is Cl.O=S(=O)(c1cnn(CC(F)(F)F)c1)N1CCNCC1c1cccc(F)c1. The van der Waals surface area contributed by atoms with Gasteiger partial charge in [0.05, 0.1) is 12.2 Å². The number of piperazine rings is 1. The number of alkyl halides is 3. The fourth-order valence-corrected chi connectivity index (χ4v) is 4.42. The van der Waals surface area contributed by atoms with Crippen LogP contribution in [-0.2, 0) is 16.6 Å². The van der Waals surface area contributed by atoms with Crippen LogP contribution < -0.4 is 5.32 Å². The zero-order valence-electron chi connectivity index (χ0n) is 13.9. The summed E-state index contributed by atoms with van der Waals surface area (Å²) < 4.78 is 78.4. The summed E-state index contributed by atoms with van der Waals surface area (Å²) in [5, 5.41) is 6.53. The molecule has 1 aromatic heterocycles. The number of benzene rings is 1. The van der Waals surface area contributed by atoms with Gasteiger partial charge in [0.1, 0.15) is 17.3 Å². The maximum Gasteiger partial charge on any atom is 0.408 e. The standard InChI is InChI=1S/C15H16F4N4O2S.ClH/c16-12-3-1-2-11(6-12)14-8-20-4-5-23(14)26(24,25)13-7-21-22(9-13)10-15(17,18)19;/h1-3,6-7,9,14,20H,4-5,8,10H2;1H. The number of sulfonamides is 1. The smallest absolute Gasteiger partial charge is 0.313 e. The van der Waals surface area contributed by atoms with E-state index in [1.165, 1.54) is 18.2 Å². The molecule has 0 radical (unpaired) electrons. The van der Waals surface area contributed by atoms with Crippen LogP contribution in [0, 0.1) is 5.82 Å². The lowest BCUT2D eigenvalue weighted by molar-refractivity contribution is -0.142. The van der Waals surface area contributed by atoms with Gasteiger partial charge in [-0.05, 0) is 17.7 Å². The molecule has 3 rings (SSSR count). The predicted molar refractivity (Wildman–Crippen MR) is 91.4 cm³/mol. The molecule has 27 heavy (non-hydrogen) atoms. The number of aromatic nitrogens is 2. The molecule has 0 spiro atoms. The first-order valence-corrected chi connectivity index (χ1v) is 9.18. The summed E-state index contributed by atoms with van der Waals surface area (Å²) in [5.41, 5.74) is 0.462. The van der Waals surface area contributed by atoms with E-state index in [1.807, 2.05) is 0 Å². The van der Waals surface area contributed by atoms with Crippen molar-refractivity contribution in [3.8, 4) is 0 Å². The maximum absolute atomic E-state index is 13.5. The largest absolute Gasteiger partial charge is 0.408 e. The molecule has 0 bridgehead atoms. The Morgan fingerprint density at radius 2 is 2.04 bits per heavy atom. The third kappa shape index (κ3) is 4.98. The maximum atomic E-state index is 13.5. The number of nitrogens with zero attached hydrogens (tertiary/aromatic N) is 3. The van der Waals surface area contributed by atoms with Gasteiger partial charge in [-0.3, -0.25) is 4.68 Å². The van der Waals surface area contributed by atoms with E-state index < -0.39 is 34.6 Å². The van der Waals surface area contributed by atoms with Crippen LogP contribution >= 0.6 is 12.4 Å². The molecule has 1 N–H and O–H groups in total. The first-order valence-electron chi connectivity index (χ1n) is 7.74. The van der Waals surface area contributed by atoms with Crippen molar-refractivity contribution >= 4 is 22.4 Å². The average Bonchev–Trinajstić information content (AvgIpc) is 3.02. The molecule has 0 amide bonds. The molecule has 6 nitrogen and oxygen atoms in total. The second kappa shape index (κ2) is 8.13. The number of hydrogen-bond donors (Lipinski definition) is 1. The van der Waals surface area contributed by atoms with Gasteiger partial charge in [0.25, 0.3) is 0 Å². The third-order valence-corrected chi connectivity index (χ3v) is 5.85. The molecule has 1 saturated heterocycles. The van der Waals surface area contributed by atoms with Gasteiger partial charge in [0.2, 0.25) is 10.0 Å². The Morgan fingerprint density at radius 3 is 2.70 bits per heavy atom. The first-order chi connectivity index (χ1) is 12.2. The average molecular weight is 429 g/mol. The van der Waals surface area contributed by atoms with Crippen LogP contribution in [0.2, 0.25) is 0 Å². The first kappa shape index (κ1) is 21.6. The van der Waals surface area contributed by atoms with Crippen molar-refractivity contribution in [1.82, 2.24) is 19.4 Å². The number of hydrogen-bond acceptors (Lipinski definition) is 4. The minimum absolute atomic E-state index is 0. The molecule has 12 heteroatoms. The summed E-state index contributed by atoms with van der Waals surface area (Å²) >= 11 is 0. The molecule has 1 aromatic carbocycles. The fourth-order valence-electron chi connectivity index (χ4n) is 2.85. The van der Waals surface area contributed by atoms with Crippen LogP contribution in [0.3, 0.4) is 0 Å². The summed E-state index contributed by atoms with van der Waals surface area (Å²) in [4.78, 5) is -0.329. The van der Waals surface area contributed by atoms with Crippen LogP contribution in [0.25, 0.3) is 0 Å². The molecule has 0 aliphatic carbocycles. The molecule has 1 fully saturated rings. The van der Waals surface area contributed by atoms with Gasteiger partial charge in [-0.15, -0.1) is 12.4 Å². The highest BCUT2D eigenvalue weighted by Crippen LogP contribution is 2.29. The molecule has 0 saturated carbocycles. The molecular formula is C15H17ClF4N4O2S. The minimum Gasteiger partial charge on any atom is -0.313 e. The molecule has 2 aromatic rings. The van der Waals surface area contributed by atoms with Crippen molar-refractivity contribution in [3.05, 3.63) is 48.0 Å². The molecule has 1 unspecified atom stereocenters. The number of rotatable bonds is 4. The van der Waals surface area contributed by atoms with Gasteiger partial charge in [-0.25, -0.2) is 12.8 Å². The summed E-state index contributed by atoms with van der Waals surface area (Å²) in [5.74, 6) is -0.497. The highest BCUT2D eigenvalue weighted by molar-refractivity contribution is 7.89. The highest BCUT2D eigenvalue weighted by atomic mass is 35.5. The lowest BCUT2D eigenvalue weighted by Gasteiger charge is -2.35. The Morgan fingerprint density at radius 1 is 1.30 bits per heavy atom. The van der Waals surface area contributed by atoms with Crippen molar-refractivity contribution in [1.29, 1.82) is 0 Å². The normalized spacial score (nSPS) is 18.9. The second-order valence-corrected chi connectivity index (χ2v) is 7.77. The zero-order chi connectivity index (χ0) is 18.9. The number of halogens is 5.